The molecule has 3 rings (SSSR count). The first kappa shape index (κ1) is 13.5. The molecule has 1 heterocycles. The van der Waals surface area contributed by atoms with E-state index in [1.807, 2.05) is 12.1 Å². The number of alkyl halides is 1. The molecule has 0 fully saturated rings. The molecule has 2 heteroatoms. The van der Waals surface area contributed by atoms with Gasteiger partial charge in [-0.05, 0) is 49.1 Å². The molecule has 2 aromatic rings. The normalized spacial score (nSPS) is 18.5. The summed E-state index contributed by atoms with van der Waals surface area (Å²) in [7, 11) is 0. The highest BCUT2D eigenvalue weighted by atomic mass is 35.5. The van der Waals surface area contributed by atoms with Gasteiger partial charge in [-0.25, -0.2) is 0 Å². The van der Waals surface area contributed by atoms with Crippen molar-refractivity contribution in [1.29, 1.82) is 0 Å². The molecular weight excluding hydrogens is 268 g/mol. The maximum absolute atomic E-state index is 6.74. The highest BCUT2D eigenvalue weighted by Crippen LogP contribution is 2.39. The van der Waals surface area contributed by atoms with E-state index in [0.717, 1.165) is 12.2 Å². The van der Waals surface area contributed by atoms with Crippen molar-refractivity contribution in [3.63, 3.8) is 0 Å². The molecule has 0 aliphatic carbocycles. The van der Waals surface area contributed by atoms with Crippen molar-refractivity contribution in [2.75, 3.05) is 0 Å². The van der Waals surface area contributed by atoms with Gasteiger partial charge in [0.05, 0.1) is 5.38 Å². The van der Waals surface area contributed by atoms with Gasteiger partial charge in [0.25, 0.3) is 0 Å². The minimum absolute atomic E-state index is 0.0224. The van der Waals surface area contributed by atoms with Crippen LogP contribution in [0.4, 0.5) is 0 Å². The molecule has 2 aromatic carbocycles. The van der Waals surface area contributed by atoms with E-state index in [1.54, 1.807) is 0 Å². The molecule has 2 unspecified atom stereocenters. The van der Waals surface area contributed by atoms with Crippen molar-refractivity contribution >= 4 is 11.6 Å². The van der Waals surface area contributed by atoms with E-state index in [2.05, 4.69) is 45.0 Å². The van der Waals surface area contributed by atoms with E-state index >= 15 is 0 Å². The molecule has 104 valence electrons. The van der Waals surface area contributed by atoms with Crippen LogP contribution in [-0.2, 0) is 6.42 Å². The summed E-state index contributed by atoms with van der Waals surface area (Å²) in [4.78, 5) is 0. The highest BCUT2D eigenvalue weighted by molar-refractivity contribution is 6.21. The quantitative estimate of drug-likeness (QED) is 0.714. The Hall–Kier alpha value is -1.47. The Morgan fingerprint density at radius 3 is 2.40 bits per heavy atom. The van der Waals surface area contributed by atoms with Crippen LogP contribution in [0, 0.1) is 20.8 Å². The lowest BCUT2D eigenvalue weighted by molar-refractivity contribution is 0.227. The lowest BCUT2D eigenvalue weighted by Gasteiger charge is -2.22. The smallest absolute Gasteiger partial charge is 0.123 e. The lowest BCUT2D eigenvalue weighted by atomic mass is 9.93. The average Bonchev–Trinajstić information content (AvgIpc) is 2.81. The van der Waals surface area contributed by atoms with Crippen LogP contribution in [0.25, 0.3) is 0 Å². The summed E-state index contributed by atoms with van der Waals surface area (Å²) in [6.45, 7) is 6.38. The average molecular weight is 287 g/mol. The van der Waals surface area contributed by atoms with Gasteiger partial charge < -0.3 is 4.74 Å². The molecule has 0 bridgehead atoms. The summed E-state index contributed by atoms with van der Waals surface area (Å²) in [6, 6.07) is 12.6. The van der Waals surface area contributed by atoms with Crippen LogP contribution in [0.2, 0.25) is 0 Å². The molecule has 0 radical (unpaired) electrons. The standard InChI is InChI=1S/C18H19ClO/c1-11-8-12(2)17(13(3)9-11)18(19)16-10-14-6-4-5-7-15(14)20-16/h4-9,16,18H,10H2,1-3H3. The van der Waals surface area contributed by atoms with E-state index in [1.165, 1.54) is 27.8 Å². The maximum Gasteiger partial charge on any atom is 0.123 e. The molecule has 20 heavy (non-hydrogen) atoms. The van der Waals surface area contributed by atoms with Crippen molar-refractivity contribution in [2.24, 2.45) is 0 Å². The third-order valence-electron chi connectivity index (χ3n) is 4.01. The van der Waals surface area contributed by atoms with E-state index in [0.29, 0.717) is 0 Å². The monoisotopic (exact) mass is 286 g/mol. The van der Waals surface area contributed by atoms with Crippen molar-refractivity contribution in [3.05, 3.63) is 64.2 Å². The summed E-state index contributed by atoms with van der Waals surface area (Å²) < 4.78 is 6.03. The summed E-state index contributed by atoms with van der Waals surface area (Å²) in [5.74, 6) is 0.977. The molecule has 0 N–H and O–H groups in total. The van der Waals surface area contributed by atoms with Gasteiger partial charge in [0.15, 0.2) is 0 Å². The van der Waals surface area contributed by atoms with Crippen LogP contribution in [0.3, 0.4) is 0 Å². The third-order valence-corrected chi connectivity index (χ3v) is 4.51. The summed E-state index contributed by atoms with van der Waals surface area (Å²) in [6.07, 6.45) is 0.908. The van der Waals surface area contributed by atoms with Gasteiger partial charge >= 0.3 is 0 Å². The zero-order valence-corrected chi connectivity index (χ0v) is 12.9. The van der Waals surface area contributed by atoms with Gasteiger partial charge in [-0.15, -0.1) is 11.6 Å². The number of aryl methyl sites for hydroxylation is 3. The number of rotatable bonds is 2. The highest BCUT2D eigenvalue weighted by Gasteiger charge is 2.31. The molecule has 1 aliphatic heterocycles. The minimum atomic E-state index is -0.108. The zero-order valence-electron chi connectivity index (χ0n) is 12.1. The van der Waals surface area contributed by atoms with Crippen LogP contribution >= 0.6 is 11.6 Å². The summed E-state index contributed by atoms with van der Waals surface area (Å²) >= 11 is 6.74. The molecule has 1 aliphatic rings. The Morgan fingerprint density at radius 2 is 1.75 bits per heavy atom. The zero-order chi connectivity index (χ0) is 14.3. The van der Waals surface area contributed by atoms with Gasteiger partial charge in [-0.1, -0.05) is 35.9 Å². The molecule has 0 saturated carbocycles. The van der Waals surface area contributed by atoms with E-state index in [-0.39, 0.29) is 11.5 Å². The van der Waals surface area contributed by atoms with E-state index in [4.69, 9.17) is 16.3 Å². The molecule has 0 aromatic heterocycles. The Bertz CT molecular complexity index is 600. The summed E-state index contributed by atoms with van der Waals surface area (Å²) in [5.41, 5.74) is 6.26. The topological polar surface area (TPSA) is 9.23 Å². The first-order valence-electron chi connectivity index (χ1n) is 7.02. The first-order chi connectivity index (χ1) is 9.56. The van der Waals surface area contributed by atoms with E-state index in [9.17, 15) is 0 Å². The van der Waals surface area contributed by atoms with Crippen LogP contribution in [0.15, 0.2) is 36.4 Å². The van der Waals surface area contributed by atoms with Crippen molar-refractivity contribution < 1.29 is 4.74 Å². The van der Waals surface area contributed by atoms with Crippen LogP contribution < -0.4 is 4.74 Å². The second kappa shape index (κ2) is 5.14. The number of halogens is 1. The fourth-order valence-corrected chi connectivity index (χ4v) is 3.67. The predicted octanol–water partition coefficient (Wildman–Crippen LogP) is 4.90. The molecule has 2 atom stereocenters. The number of hydrogen-bond acceptors (Lipinski definition) is 1. The van der Waals surface area contributed by atoms with Gasteiger partial charge in [0, 0.05) is 6.42 Å². The summed E-state index contributed by atoms with van der Waals surface area (Å²) in [5, 5.41) is -0.108. The Labute approximate surface area is 125 Å². The van der Waals surface area contributed by atoms with Gasteiger partial charge in [0.2, 0.25) is 0 Å². The minimum Gasteiger partial charge on any atom is -0.488 e. The fraction of sp³-hybridized carbons (Fsp3) is 0.333. The fourth-order valence-electron chi connectivity index (χ4n) is 3.18. The third kappa shape index (κ3) is 2.31. The molecule has 0 spiro atoms. The second-order valence-electron chi connectivity index (χ2n) is 5.68. The SMILES string of the molecule is Cc1cc(C)c(C(Cl)C2Cc3ccccc3O2)c(C)c1. The first-order valence-corrected chi connectivity index (χ1v) is 7.46. The van der Waals surface area contributed by atoms with E-state index < -0.39 is 0 Å². The second-order valence-corrected chi connectivity index (χ2v) is 6.15. The van der Waals surface area contributed by atoms with Crippen molar-refractivity contribution in [2.45, 2.75) is 38.7 Å². The number of benzene rings is 2. The van der Waals surface area contributed by atoms with Crippen molar-refractivity contribution in [1.82, 2.24) is 0 Å². The van der Waals surface area contributed by atoms with Gasteiger partial charge in [-0.3, -0.25) is 0 Å². The number of ether oxygens (including phenoxy) is 1. The van der Waals surface area contributed by atoms with Crippen LogP contribution in [-0.4, -0.2) is 6.10 Å². The van der Waals surface area contributed by atoms with Gasteiger partial charge in [0.1, 0.15) is 11.9 Å². The van der Waals surface area contributed by atoms with Crippen LogP contribution in [0.1, 0.15) is 33.2 Å². The largest absolute Gasteiger partial charge is 0.488 e. The van der Waals surface area contributed by atoms with Crippen molar-refractivity contribution in [3.8, 4) is 5.75 Å². The Kier molecular flexibility index (Phi) is 3.47. The lowest BCUT2D eigenvalue weighted by Crippen LogP contribution is -2.21. The Morgan fingerprint density at radius 1 is 1.10 bits per heavy atom. The predicted molar refractivity (Wildman–Crippen MR) is 83.8 cm³/mol. The molecule has 1 nitrogen and oxygen atoms in total. The molecule has 0 saturated heterocycles. The molecule has 0 amide bonds. The number of para-hydroxylation sites is 1. The number of fused-ring (bicyclic) bond motifs is 1. The maximum atomic E-state index is 6.74. The number of hydrogen-bond donors (Lipinski definition) is 0. The Balaban J connectivity index is 1.90. The van der Waals surface area contributed by atoms with Gasteiger partial charge in [-0.2, -0.15) is 0 Å². The molecular formula is C18H19ClO. The van der Waals surface area contributed by atoms with Crippen LogP contribution in [0.5, 0.6) is 5.75 Å².